The Balaban J connectivity index is 1.68. The Morgan fingerprint density at radius 1 is 0.970 bits per heavy atom. The number of halogens is 1. The summed E-state index contributed by atoms with van der Waals surface area (Å²) in [5.74, 6) is -0.453. The number of hydrogen-bond acceptors (Lipinski definition) is 4. The normalized spacial score (nSPS) is 12.4. The lowest BCUT2D eigenvalue weighted by molar-refractivity contribution is -0.115. The van der Waals surface area contributed by atoms with Gasteiger partial charge in [-0.3, -0.25) is 9.10 Å². The highest BCUT2D eigenvalue weighted by atomic mass is 32.2. The molecule has 0 heterocycles. The molecular weight excluding hydrogens is 441 g/mol. The van der Waals surface area contributed by atoms with Gasteiger partial charge in [0.25, 0.3) is 10.0 Å². The minimum Gasteiger partial charge on any atom is -0.325 e. The van der Waals surface area contributed by atoms with Crippen LogP contribution in [0.25, 0.3) is 0 Å². The number of para-hydroxylation sites is 1. The Morgan fingerprint density at radius 2 is 1.64 bits per heavy atom. The van der Waals surface area contributed by atoms with Crippen molar-refractivity contribution < 1.29 is 17.6 Å². The molecule has 0 radical (unpaired) electrons. The summed E-state index contributed by atoms with van der Waals surface area (Å²) < 4.78 is 40.5. The first-order chi connectivity index (χ1) is 15.7. The second kappa shape index (κ2) is 10.6. The maximum Gasteiger partial charge on any atom is 0.264 e. The van der Waals surface area contributed by atoms with E-state index in [1.165, 1.54) is 35.6 Å². The Morgan fingerprint density at radius 3 is 2.27 bits per heavy atom. The summed E-state index contributed by atoms with van der Waals surface area (Å²) in [4.78, 5) is 12.6. The fourth-order valence-electron chi connectivity index (χ4n) is 3.49. The number of nitrogens with one attached hydrogen (secondary N) is 2. The van der Waals surface area contributed by atoms with Crippen LogP contribution in [0.15, 0.2) is 83.8 Å². The van der Waals surface area contributed by atoms with Crippen molar-refractivity contribution in [2.24, 2.45) is 5.92 Å². The van der Waals surface area contributed by atoms with Crippen LogP contribution in [0, 0.1) is 11.7 Å². The molecule has 2 N–H and O–H groups in total. The molecule has 3 aromatic carbocycles. The summed E-state index contributed by atoms with van der Waals surface area (Å²) in [5, 5.41) is 5.94. The Bertz CT molecular complexity index is 1180. The summed E-state index contributed by atoms with van der Waals surface area (Å²) in [6, 6.07) is 21.0. The predicted octanol–water partition coefficient (Wildman–Crippen LogP) is 4.58. The number of rotatable bonds is 9. The van der Waals surface area contributed by atoms with E-state index >= 15 is 0 Å². The number of amides is 1. The Labute approximate surface area is 194 Å². The number of carbonyl (C=O) groups excluding carboxylic acids is 1. The molecule has 0 aromatic heterocycles. The summed E-state index contributed by atoms with van der Waals surface area (Å²) in [6.45, 7) is 4.04. The molecule has 0 saturated carbocycles. The van der Waals surface area contributed by atoms with Crippen molar-refractivity contribution >= 4 is 27.3 Å². The minimum atomic E-state index is -3.79. The van der Waals surface area contributed by atoms with E-state index in [2.05, 4.69) is 10.6 Å². The molecule has 0 fully saturated rings. The molecule has 1 unspecified atom stereocenters. The maximum atomic E-state index is 13.2. The van der Waals surface area contributed by atoms with E-state index in [4.69, 9.17) is 0 Å². The molecule has 8 heteroatoms. The zero-order valence-corrected chi connectivity index (χ0v) is 19.6. The van der Waals surface area contributed by atoms with E-state index in [1.54, 1.807) is 48.5 Å². The van der Waals surface area contributed by atoms with Gasteiger partial charge in [-0.25, -0.2) is 12.8 Å². The lowest BCUT2D eigenvalue weighted by Crippen LogP contribution is -2.33. The van der Waals surface area contributed by atoms with Crippen molar-refractivity contribution in [1.82, 2.24) is 5.32 Å². The highest BCUT2D eigenvalue weighted by molar-refractivity contribution is 7.92. The first kappa shape index (κ1) is 24.4. The van der Waals surface area contributed by atoms with Gasteiger partial charge in [0.05, 0.1) is 17.1 Å². The van der Waals surface area contributed by atoms with Gasteiger partial charge in [-0.15, -0.1) is 0 Å². The fourth-order valence-corrected chi connectivity index (χ4v) is 4.73. The average molecular weight is 470 g/mol. The minimum absolute atomic E-state index is 0.0150. The van der Waals surface area contributed by atoms with E-state index in [-0.39, 0.29) is 35.1 Å². The largest absolute Gasteiger partial charge is 0.325 e. The summed E-state index contributed by atoms with van der Waals surface area (Å²) >= 11 is 0. The van der Waals surface area contributed by atoms with Crippen LogP contribution in [0.1, 0.15) is 25.5 Å². The highest BCUT2D eigenvalue weighted by Crippen LogP contribution is 2.24. The van der Waals surface area contributed by atoms with Gasteiger partial charge >= 0.3 is 0 Å². The number of benzene rings is 3. The Hall–Kier alpha value is -3.23. The van der Waals surface area contributed by atoms with Crippen molar-refractivity contribution in [3.8, 4) is 0 Å². The van der Waals surface area contributed by atoms with Crippen molar-refractivity contribution in [3.63, 3.8) is 0 Å². The van der Waals surface area contributed by atoms with Crippen LogP contribution in [0.5, 0.6) is 0 Å². The van der Waals surface area contributed by atoms with Crippen LogP contribution < -0.4 is 14.9 Å². The molecule has 0 spiro atoms. The number of sulfonamides is 1. The lowest BCUT2D eigenvalue weighted by Gasteiger charge is -2.23. The Kier molecular flexibility index (Phi) is 7.84. The van der Waals surface area contributed by atoms with Gasteiger partial charge in [0.15, 0.2) is 0 Å². The molecule has 1 amide bonds. The van der Waals surface area contributed by atoms with Crippen LogP contribution in [0.4, 0.5) is 15.8 Å². The van der Waals surface area contributed by atoms with Crippen LogP contribution >= 0.6 is 0 Å². The van der Waals surface area contributed by atoms with Crippen molar-refractivity contribution in [2.45, 2.75) is 24.8 Å². The number of anilines is 2. The summed E-state index contributed by atoms with van der Waals surface area (Å²) in [5.41, 5.74) is 1.81. The average Bonchev–Trinajstić information content (AvgIpc) is 2.80. The molecule has 6 nitrogen and oxygen atoms in total. The molecule has 0 bridgehead atoms. The molecule has 3 aromatic rings. The smallest absolute Gasteiger partial charge is 0.264 e. The van der Waals surface area contributed by atoms with E-state index in [9.17, 15) is 17.6 Å². The third kappa shape index (κ3) is 6.18. The van der Waals surface area contributed by atoms with Gasteiger partial charge < -0.3 is 10.6 Å². The summed E-state index contributed by atoms with van der Waals surface area (Å²) in [7, 11) is -2.30. The van der Waals surface area contributed by atoms with Crippen molar-refractivity contribution in [3.05, 3.63) is 90.2 Å². The third-order valence-corrected chi connectivity index (χ3v) is 7.06. The molecule has 0 saturated heterocycles. The van der Waals surface area contributed by atoms with Crippen LogP contribution in [0.3, 0.4) is 0 Å². The topological polar surface area (TPSA) is 78.5 Å². The standard InChI is InChI=1S/C25H28FN3O3S/c1-18(2)25(19-12-14-20(26)15-13-19)27-17-24(30)28-21-8-7-11-23(16-21)33(31,32)29(3)22-9-5-4-6-10-22/h4-16,18,25,27H,17H2,1-3H3,(H,28,30). The van der Waals surface area contributed by atoms with E-state index in [1.807, 2.05) is 19.9 Å². The second-order valence-electron chi connectivity index (χ2n) is 8.04. The van der Waals surface area contributed by atoms with Gasteiger partial charge in [0.1, 0.15) is 5.82 Å². The van der Waals surface area contributed by atoms with E-state index in [0.717, 1.165) is 5.56 Å². The zero-order valence-electron chi connectivity index (χ0n) is 18.8. The van der Waals surface area contributed by atoms with Gasteiger partial charge in [0, 0.05) is 18.8 Å². The number of hydrogen-bond donors (Lipinski definition) is 2. The SMILES string of the molecule is CC(C)C(NCC(=O)Nc1cccc(S(=O)(=O)N(C)c2ccccc2)c1)c1ccc(F)cc1. The molecule has 33 heavy (non-hydrogen) atoms. The second-order valence-corrected chi connectivity index (χ2v) is 10.0. The molecule has 1 atom stereocenters. The van der Waals surface area contributed by atoms with E-state index in [0.29, 0.717) is 11.4 Å². The molecule has 0 aliphatic heterocycles. The van der Waals surface area contributed by atoms with Crippen LogP contribution in [-0.2, 0) is 14.8 Å². The van der Waals surface area contributed by atoms with Crippen molar-refractivity contribution in [1.29, 1.82) is 0 Å². The highest BCUT2D eigenvalue weighted by Gasteiger charge is 2.22. The monoisotopic (exact) mass is 469 g/mol. The first-order valence-electron chi connectivity index (χ1n) is 10.6. The molecule has 0 aliphatic rings. The zero-order chi connectivity index (χ0) is 24.0. The molecular formula is C25H28FN3O3S. The lowest BCUT2D eigenvalue weighted by atomic mass is 9.96. The fraction of sp³-hybridized carbons (Fsp3) is 0.240. The number of carbonyl (C=O) groups is 1. The first-order valence-corrected chi connectivity index (χ1v) is 12.0. The maximum absolute atomic E-state index is 13.2. The predicted molar refractivity (Wildman–Crippen MR) is 129 cm³/mol. The van der Waals surface area contributed by atoms with E-state index < -0.39 is 10.0 Å². The quantitative estimate of drug-likeness (QED) is 0.481. The van der Waals surface area contributed by atoms with Crippen molar-refractivity contribution in [2.75, 3.05) is 23.2 Å². The summed E-state index contributed by atoms with van der Waals surface area (Å²) in [6.07, 6.45) is 0. The van der Waals surface area contributed by atoms with Crippen LogP contribution in [-0.4, -0.2) is 27.9 Å². The molecule has 174 valence electrons. The van der Waals surface area contributed by atoms with Gasteiger partial charge in [-0.2, -0.15) is 0 Å². The molecule has 0 aliphatic carbocycles. The van der Waals surface area contributed by atoms with Gasteiger partial charge in [-0.05, 0) is 53.9 Å². The number of nitrogens with zero attached hydrogens (tertiary/aromatic N) is 1. The van der Waals surface area contributed by atoms with Crippen LogP contribution in [0.2, 0.25) is 0 Å². The molecule has 3 rings (SSSR count). The van der Waals surface area contributed by atoms with Gasteiger partial charge in [0.2, 0.25) is 5.91 Å². The van der Waals surface area contributed by atoms with Gasteiger partial charge in [-0.1, -0.05) is 50.2 Å². The third-order valence-electron chi connectivity index (χ3n) is 5.27.